The van der Waals surface area contributed by atoms with E-state index in [1.807, 2.05) is 85.9 Å². The molecule has 0 radical (unpaired) electrons. The molecule has 0 aliphatic rings. The van der Waals surface area contributed by atoms with Gasteiger partial charge in [-0.2, -0.15) is 0 Å². The molecule has 0 fully saturated rings. The van der Waals surface area contributed by atoms with Crippen LogP contribution in [0.1, 0.15) is 22.4 Å². The van der Waals surface area contributed by atoms with Gasteiger partial charge in [-0.05, 0) is 29.7 Å². The van der Waals surface area contributed by atoms with Gasteiger partial charge in [0, 0.05) is 24.6 Å². The molecule has 1 atom stereocenters. The number of benzene rings is 3. The molecule has 33 heavy (non-hydrogen) atoms. The molecule has 0 aliphatic heterocycles. The van der Waals surface area contributed by atoms with Crippen molar-refractivity contribution >= 4 is 11.8 Å². The Morgan fingerprint density at radius 2 is 1.58 bits per heavy atom. The summed E-state index contributed by atoms with van der Waals surface area (Å²) < 4.78 is 5.96. The molecule has 1 unspecified atom stereocenters. The van der Waals surface area contributed by atoms with E-state index >= 15 is 0 Å². The Morgan fingerprint density at radius 3 is 2.21 bits per heavy atom. The van der Waals surface area contributed by atoms with Crippen molar-refractivity contribution in [1.82, 2.24) is 4.98 Å². The molecular weight excluding hydrogens is 410 g/mol. The minimum atomic E-state index is -1.20. The van der Waals surface area contributed by atoms with Crippen molar-refractivity contribution in [3.63, 3.8) is 0 Å². The summed E-state index contributed by atoms with van der Waals surface area (Å²) >= 11 is 0. The fourth-order valence-corrected chi connectivity index (χ4v) is 4.22. The third-order valence-electron chi connectivity index (χ3n) is 5.83. The number of anilines is 1. The van der Waals surface area contributed by atoms with Crippen LogP contribution in [-0.4, -0.2) is 18.1 Å². The molecule has 5 heteroatoms. The molecule has 0 spiro atoms. The van der Waals surface area contributed by atoms with E-state index < -0.39 is 11.7 Å². The van der Waals surface area contributed by atoms with Crippen LogP contribution in [-0.2, 0) is 16.8 Å². The Labute approximate surface area is 194 Å². The molecule has 0 saturated heterocycles. The van der Waals surface area contributed by atoms with Gasteiger partial charge in [0.15, 0.2) is 5.60 Å². The van der Waals surface area contributed by atoms with E-state index in [1.165, 1.54) is 0 Å². The van der Waals surface area contributed by atoms with Crippen LogP contribution in [0.2, 0.25) is 0 Å². The first-order valence-corrected chi connectivity index (χ1v) is 10.9. The lowest BCUT2D eigenvalue weighted by Gasteiger charge is -2.33. The zero-order chi connectivity index (χ0) is 23.3. The fraction of sp³-hybridized carbons (Fsp3) is 0.143. The molecule has 4 aromatic rings. The van der Waals surface area contributed by atoms with Crippen LogP contribution in [0.5, 0.6) is 0 Å². The summed E-state index contributed by atoms with van der Waals surface area (Å²) in [5, 5.41) is 3.24. The number of nitrogens with two attached hydrogens (primary N) is 1. The average molecular weight is 438 g/mol. The molecule has 3 aromatic carbocycles. The summed E-state index contributed by atoms with van der Waals surface area (Å²) in [6, 6.07) is 29.7. The normalized spacial score (nSPS) is 12.5. The van der Waals surface area contributed by atoms with Crippen LogP contribution in [0.25, 0.3) is 11.1 Å². The monoisotopic (exact) mass is 437 g/mol. The highest BCUT2D eigenvalue weighted by Crippen LogP contribution is 2.40. The van der Waals surface area contributed by atoms with Gasteiger partial charge in [-0.15, -0.1) is 0 Å². The zero-order valence-corrected chi connectivity index (χ0v) is 18.8. The molecule has 0 saturated carbocycles. The first kappa shape index (κ1) is 22.1. The third kappa shape index (κ3) is 4.58. The molecule has 0 bridgehead atoms. The Balaban J connectivity index is 1.98. The Hall–Kier alpha value is -4.12. The number of rotatable bonds is 7. The predicted molar refractivity (Wildman–Crippen MR) is 132 cm³/mol. The highest BCUT2D eigenvalue weighted by atomic mass is 16.6. The first-order chi connectivity index (χ1) is 16.0. The van der Waals surface area contributed by atoms with Gasteiger partial charge in [0.2, 0.25) is 0 Å². The van der Waals surface area contributed by atoms with E-state index in [-0.39, 0.29) is 0 Å². The van der Waals surface area contributed by atoms with Gasteiger partial charge >= 0.3 is 6.09 Å². The SMILES string of the molecule is CNc1cnc(C(Cc2ccccc2)(OC(N)=O)c2ccccc2)cc1-c1ccccc1C. The molecule has 1 amide bonds. The molecule has 166 valence electrons. The van der Waals surface area contributed by atoms with E-state index in [2.05, 4.69) is 24.4 Å². The van der Waals surface area contributed by atoms with E-state index in [0.29, 0.717) is 12.1 Å². The molecule has 0 aliphatic carbocycles. The zero-order valence-electron chi connectivity index (χ0n) is 18.8. The quantitative estimate of drug-likeness (QED) is 0.390. The van der Waals surface area contributed by atoms with Crippen molar-refractivity contribution in [2.75, 3.05) is 12.4 Å². The molecule has 1 aromatic heterocycles. The molecule has 5 nitrogen and oxygen atoms in total. The molecule has 4 rings (SSSR count). The van der Waals surface area contributed by atoms with Crippen molar-refractivity contribution in [1.29, 1.82) is 0 Å². The minimum absolute atomic E-state index is 0.389. The Morgan fingerprint density at radius 1 is 0.939 bits per heavy atom. The topological polar surface area (TPSA) is 77.2 Å². The summed E-state index contributed by atoms with van der Waals surface area (Å²) in [5.74, 6) is 0. The number of nitrogens with one attached hydrogen (secondary N) is 1. The van der Waals surface area contributed by atoms with Crippen molar-refractivity contribution in [2.24, 2.45) is 5.73 Å². The number of carbonyl (C=O) groups is 1. The largest absolute Gasteiger partial charge is 0.431 e. The fourth-order valence-electron chi connectivity index (χ4n) is 4.22. The van der Waals surface area contributed by atoms with Gasteiger partial charge in [0.1, 0.15) is 0 Å². The van der Waals surface area contributed by atoms with E-state index in [0.717, 1.165) is 33.5 Å². The van der Waals surface area contributed by atoms with Gasteiger partial charge in [0.25, 0.3) is 0 Å². The predicted octanol–water partition coefficient (Wildman–Crippen LogP) is 5.68. The Bertz CT molecular complexity index is 1240. The standard InChI is InChI=1S/C28H27N3O2/c1-20-11-9-10-16-23(20)24-17-26(31-19-25(24)30-2)28(33-27(29)32,22-14-7-4-8-15-22)18-21-12-5-3-6-13-21/h3-17,19,30H,18H2,1-2H3,(H2,29,32). The van der Waals surface area contributed by atoms with Crippen LogP contribution < -0.4 is 11.1 Å². The van der Waals surface area contributed by atoms with E-state index in [1.54, 1.807) is 6.20 Å². The average Bonchev–Trinajstić information content (AvgIpc) is 2.84. The highest BCUT2D eigenvalue weighted by molar-refractivity contribution is 5.80. The number of carbonyl (C=O) groups excluding carboxylic acids is 1. The smallest absolute Gasteiger partial charge is 0.405 e. The van der Waals surface area contributed by atoms with Crippen LogP contribution in [0, 0.1) is 6.92 Å². The summed E-state index contributed by atoms with van der Waals surface area (Å²) in [4.78, 5) is 17.0. The van der Waals surface area contributed by atoms with E-state index in [9.17, 15) is 4.79 Å². The third-order valence-corrected chi connectivity index (χ3v) is 5.83. The second-order valence-corrected chi connectivity index (χ2v) is 7.96. The van der Waals surface area contributed by atoms with Crippen molar-refractivity contribution in [3.05, 3.63) is 120 Å². The van der Waals surface area contributed by atoms with Gasteiger partial charge in [-0.1, -0.05) is 84.9 Å². The number of aryl methyl sites for hydroxylation is 1. The van der Waals surface area contributed by atoms with Crippen molar-refractivity contribution in [3.8, 4) is 11.1 Å². The van der Waals surface area contributed by atoms with Gasteiger partial charge in [-0.25, -0.2) is 4.79 Å². The van der Waals surface area contributed by atoms with Gasteiger partial charge in [-0.3, -0.25) is 4.98 Å². The van der Waals surface area contributed by atoms with Crippen molar-refractivity contribution in [2.45, 2.75) is 18.9 Å². The lowest BCUT2D eigenvalue weighted by molar-refractivity contribution is 0.0422. The van der Waals surface area contributed by atoms with E-state index in [4.69, 9.17) is 15.5 Å². The maximum Gasteiger partial charge on any atom is 0.405 e. The second-order valence-electron chi connectivity index (χ2n) is 7.96. The molecule has 1 heterocycles. The number of amides is 1. The number of hydrogen-bond acceptors (Lipinski definition) is 4. The number of aromatic nitrogens is 1. The van der Waals surface area contributed by atoms with Crippen molar-refractivity contribution < 1.29 is 9.53 Å². The molecule has 3 N–H and O–H groups in total. The van der Waals surface area contributed by atoms with Gasteiger partial charge < -0.3 is 15.8 Å². The number of pyridine rings is 1. The second kappa shape index (κ2) is 9.57. The van der Waals surface area contributed by atoms with Gasteiger partial charge in [0.05, 0.1) is 17.6 Å². The summed E-state index contributed by atoms with van der Waals surface area (Å²) in [6.45, 7) is 2.07. The van der Waals surface area contributed by atoms with Crippen LogP contribution in [0.3, 0.4) is 0 Å². The summed E-state index contributed by atoms with van der Waals surface area (Å²) in [6.07, 6.45) is 1.32. The lowest BCUT2D eigenvalue weighted by Crippen LogP contribution is -2.39. The summed E-state index contributed by atoms with van der Waals surface area (Å²) in [7, 11) is 1.87. The lowest BCUT2D eigenvalue weighted by atomic mass is 9.82. The van der Waals surface area contributed by atoms with Crippen LogP contribution in [0.15, 0.2) is 97.2 Å². The van der Waals surface area contributed by atoms with Crippen LogP contribution >= 0.6 is 0 Å². The maximum atomic E-state index is 12.2. The maximum absolute atomic E-state index is 12.2. The van der Waals surface area contributed by atoms with Crippen LogP contribution in [0.4, 0.5) is 10.5 Å². The Kier molecular flexibility index (Phi) is 6.41. The minimum Gasteiger partial charge on any atom is -0.431 e. The molecular formula is C28H27N3O2. The number of primary amides is 1. The number of nitrogens with zero attached hydrogens (tertiary/aromatic N) is 1. The number of hydrogen-bond donors (Lipinski definition) is 2. The highest BCUT2D eigenvalue weighted by Gasteiger charge is 2.40. The number of ether oxygens (including phenoxy) is 1. The first-order valence-electron chi connectivity index (χ1n) is 10.9. The summed E-state index contributed by atoms with van der Waals surface area (Å²) in [5.41, 5.74) is 10.9.